The zero-order valence-electron chi connectivity index (χ0n) is 4.35. The molecule has 0 bridgehead atoms. The van der Waals surface area contributed by atoms with Gasteiger partial charge in [-0.25, -0.2) is 0 Å². The van der Waals surface area contributed by atoms with E-state index in [1.165, 1.54) is 5.57 Å². The van der Waals surface area contributed by atoms with Crippen molar-refractivity contribution in [1.29, 1.82) is 0 Å². The Kier molecular flexibility index (Phi) is 1.40. The maximum Gasteiger partial charge on any atom is 0.0586 e. The number of nitrogens with two attached hydrogens (primary N) is 1. The fraction of sp³-hybridized carbons (Fsp3) is 0.600. The van der Waals surface area contributed by atoms with Gasteiger partial charge < -0.3 is 5.73 Å². The van der Waals surface area contributed by atoms with Crippen LogP contribution in [0.1, 0.15) is 13.3 Å². The monoisotopic (exact) mass is 115 g/mol. The molecule has 1 heterocycles. The molecular formula is C5H9NS. The highest BCUT2D eigenvalue weighted by Gasteiger charge is 2.07. The summed E-state index contributed by atoms with van der Waals surface area (Å²) < 4.78 is 0. The van der Waals surface area contributed by atoms with E-state index in [0.29, 0.717) is 5.37 Å². The van der Waals surface area contributed by atoms with Crippen LogP contribution in [0.2, 0.25) is 0 Å². The molecule has 0 amide bonds. The molecular weight excluding hydrogens is 106 g/mol. The van der Waals surface area contributed by atoms with Crippen molar-refractivity contribution in [2.45, 2.75) is 18.7 Å². The summed E-state index contributed by atoms with van der Waals surface area (Å²) in [5, 5.41) is 2.48. The zero-order valence-corrected chi connectivity index (χ0v) is 5.16. The van der Waals surface area contributed by atoms with Crippen LogP contribution in [-0.2, 0) is 0 Å². The molecule has 1 atom stereocenters. The number of hydrogen-bond acceptors (Lipinski definition) is 2. The van der Waals surface area contributed by atoms with Gasteiger partial charge in [0.05, 0.1) is 5.37 Å². The molecule has 1 aliphatic heterocycles. The molecule has 40 valence electrons. The minimum Gasteiger partial charge on any atom is -0.319 e. The SMILES string of the molecule is CC1=CSC(N)C1. The van der Waals surface area contributed by atoms with Crippen molar-refractivity contribution in [3.8, 4) is 0 Å². The lowest BCUT2D eigenvalue weighted by molar-refractivity contribution is 0.910. The second-order valence-electron chi connectivity index (χ2n) is 1.84. The van der Waals surface area contributed by atoms with Crippen LogP contribution in [0.25, 0.3) is 0 Å². The van der Waals surface area contributed by atoms with Crippen molar-refractivity contribution in [3.05, 3.63) is 11.0 Å². The smallest absolute Gasteiger partial charge is 0.0586 e. The third kappa shape index (κ3) is 1.21. The molecule has 0 aromatic carbocycles. The van der Waals surface area contributed by atoms with Crippen molar-refractivity contribution in [2.24, 2.45) is 5.73 Å². The molecule has 1 nitrogen and oxygen atoms in total. The number of rotatable bonds is 0. The summed E-state index contributed by atoms with van der Waals surface area (Å²) in [4.78, 5) is 0. The average Bonchev–Trinajstić information content (AvgIpc) is 1.87. The molecule has 1 unspecified atom stereocenters. The normalized spacial score (nSPS) is 30.6. The Morgan fingerprint density at radius 1 is 2.00 bits per heavy atom. The van der Waals surface area contributed by atoms with Gasteiger partial charge >= 0.3 is 0 Å². The molecule has 2 N–H and O–H groups in total. The standard InChI is InChI=1S/C5H9NS/c1-4-2-5(6)7-3-4/h3,5H,2,6H2,1H3. The quantitative estimate of drug-likeness (QED) is 0.515. The van der Waals surface area contributed by atoms with Crippen LogP contribution < -0.4 is 5.73 Å². The molecule has 0 aromatic heterocycles. The van der Waals surface area contributed by atoms with Crippen LogP contribution in [0.3, 0.4) is 0 Å². The lowest BCUT2D eigenvalue weighted by Gasteiger charge is -1.95. The highest BCUT2D eigenvalue weighted by molar-refractivity contribution is 8.02. The second kappa shape index (κ2) is 1.88. The van der Waals surface area contributed by atoms with Crippen LogP contribution in [0.5, 0.6) is 0 Å². The van der Waals surface area contributed by atoms with Crippen molar-refractivity contribution in [1.82, 2.24) is 0 Å². The van der Waals surface area contributed by atoms with E-state index in [0.717, 1.165) is 6.42 Å². The topological polar surface area (TPSA) is 26.0 Å². The highest BCUT2D eigenvalue weighted by atomic mass is 32.2. The van der Waals surface area contributed by atoms with Gasteiger partial charge in [0.25, 0.3) is 0 Å². The third-order valence-corrected chi connectivity index (χ3v) is 2.02. The molecule has 0 aromatic rings. The Morgan fingerprint density at radius 3 is 2.86 bits per heavy atom. The minimum atomic E-state index is 0.347. The van der Waals surface area contributed by atoms with Crippen molar-refractivity contribution < 1.29 is 0 Å². The van der Waals surface area contributed by atoms with Crippen LogP contribution in [0, 0.1) is 0 Å². The molecule has 0 saturated heterocycles. The summed E-state index contributed by atoms with van der Waals surface area (Å²) in [5.41, 5.74) is 6.95. The predicted molar refractivity (Wildman–Crippen MR) is 33.9 cm³/mol. The Balaban J connectivity index is 2.42. The van der Waals surface area contributed by atoms with Gasteiger partial charge in [0.1, 0.15) is 0 Å². The average molecular weight is 115 g/mol. The highest BCUT2D eigenvalue weighted by Crippen LogP contribution is 2.25. The summed E-state index contributed by atoms with van der Waals surface area (Å²) in [6.45, 7) is 2.11. The number of hydrogen-bond donors (Lipinski definition) is 1. The fourth-order valence-electron chi connectivity index (χ4n) is 0.617. The van der Waals surface area contributed by atoms with E-state index in [-0.39, 0.29) is 0 Å². The molecule has 0 fully saturated rings. The fourth-order valence-corrected chi connectivity index (χ4v) is 1.48. The Hall–Kier alpha value is 0.0500. The lowest BCUT2D eigenvalue weighted by atomic mass is 10.2. The van der Waals surface area contributed by atoms with E-state index in [4.69, 9.17) is 5.73 Å². The Labute approximate surface area is 48.0 Å². The largest absolute Gasteiger partial charge is 0.319 e. The summed E-state index contributed by atoms with van der Waals surface area (Å²) in [5.74, 6) is 0. The first-order valence-corrected chi connectivity index (χ1v) is 3.30. The van der Waals surface area contributed by atoms with Gasteiger partial charge in [0.2, 0.25) is 0 Å². The molecule has 2 heteroatoms. The van der Waals surface area contributed by atoms with Gasteiger partial charge in [-0.2, -0.15) is 0 Å². The van der Waals surface area contributed by atoms with E-state index in [9.17, 15) is 0 Å². The summed E-state index contributed by atoms with van der Waals surface area (Å²) >= 11 is 1.72. The molecule has 0 saturated carbocycles. The van der Waals surface area contributed by atoms with Crippen LogP contribution >= 0.6 is 11.8 Å². The summed E-state index contributed by atoms with van der Waals surface area (Å²) in [6, 6.07) is 0. The van der Waals surface area contributed by atoms with Crippen LogP contribution in [0.15, 0.2) is 11.0 Å². The van der Waals surface area contributed by atoms with Gasteiger partial charge in [-0.3, -0.25) is 0 Å². The lowest BCUT2D eigenvalue weighted by Crippen LogP contribution is -2.10. The molecule has 0 radical (unpaired) electrons. The van der Waals surface area contributed by atoms with E-state index in [1.807, 2.05) is 0 Å². The van der Waals surface area contributed by atoms with E-state index in [1.54, 1.807) is 11.8 Å². The first kappa shape index (κ1) is 5.19. The minimum absolute atomic E-state index is 0.347. The van der Waals surface area contributed by atoms with Crippen LogP contribution in [-0.4, -0.2) is 5.37 Å². The van der Waals surface area contributed by atoms with E-state index < -0.39 is 0 Å². The van der Waals surface area contributed by atoms with E-state index >= 15 is 0 Å². The Morgan fingerprint density at radius 2 is 2.71 bits per heavy atom. The molecule has 0 aliphatic carbocycles. The van der Waals surface area contributed by atoms with Gasteiger partial charge in [-0.1, -0.05) is 5.57 Å². The Bertz CT molecular complexity index is 98.3. The predicted octanol–water partition coefficient (Wildman–Crippen LogP) is 1.31. The van der Waals surface area contributed by atoms with E-state index in [2.05, 4.69) is 12.3 Å². The molecule has 0 spiro atoms. The van der Waals surface area contributed by atoms with Gasteiger partial charge in [0, 0.05) is 0 Å². The maximum absolute atomic E-state index is 5.54. The van der Waals surface area contributed by atoms with Gasteiger partial charge in [-0.15, -0.1) is 11.8 Å². The number of thioether (sulfide) groups is 1. The van der Waals surface area contributed by atoms with Crippen molar-refractivity contribution >= 4 is 11.8 Å². The molecule has 1 rings (SSSR count). The maximum atomic E-state index is 5.54. The van der Waals surface area contributed by atoms with Crippen molar-refractivity contribution in [3.63, 3.8) is 0 Å². The summed E-state index contributed by atoms with van der Waals surface area (Å²) in [6.07, 6.45) is 1.07. The zero-order chi connectivity index (χ0) is 5.28. The van der Waals surface area contributed by atoms with Crippen LogP contribution in [0.4, 0.5) is 0 Å². The van der Waals surface area contributed by atoms with Gasteiger partial charge in [-0.05, 0) is 18.8 Å². The summed E-state index contributed by atoms with van der Waals surface area (Å²) in [7, 11) is 0. The third-order valence-electron chi connectivity index (χ3n) is 0.967. The van der Waals surface area contributed by atoms with Gasteiger partial charge in [0.15, 0.2) is 0 Å². The second-order valence-corrected chi connectivity index (χ2v) is 2.96. The molecule has 1 aliphatic rings. The molecule has 7 heavy (non-hydrogen) atoms. The first-order valence-electron chi connectivity index (χ1n) is 2.36. The van der Waals surface area contributed by atoms with Crippen molar-refractivity contribution in [2.75, 3.05) is 0 Å². The first-order chi connectivity index (χ1) is 3.29.